The summed E-state index contributed by atoms with van der Waals surface area (Å²) in [5, 5.41) is 1.18. The fraction of sp³-hybridized carbons (Fsp3) is 0.167. The van der Waals surface area contributed by atoms with E-state index >= 15 is 0 Å². The van der Waals surface area contributed by atoms with Gasteiger partial charge in [-0.15, -0.1) is 19.0 Å². The van der Waals surface area contributed by atoms with Crippen molar-refractivity contribution in [1.29, 1.82) is 0 Å². The summed E-state index contributed by atoms with van der Waals surface area (Å²) < 4.78 is 15.4. The van der Waals surface area contributed by atoms with Gasteiger partial charge in [0.2, 0.25) is 0 Å². The summed E-state index contributed by atoms with van der Waals surface area (Å²) in [7, 11) is 0. The van der Waals surface area contributed by atoms with Crippen LogP contribution < -0.4 is 0 Å². The molecule has 2 nitrogen and oxygen atoms in total. The first-order valence-electron chi connectivity index (χ1n) is 6.94. The van der Waals surface area contributed by atoms with Crippen LogP contribution in [0.4, 0.5) is 4.39 Å². The van der Waals surface area contributed by atoms with Gasteiger partial charge in [0.25, 0.3) is 0 Å². The Morgan fingerprint density at radius 3 is 2.50 bits per heavy atom. The van der Waals surface area contributed by atoms with Crippen molar-refractivity contribution in [3.63, 3.8) is 0 Å². The molecule has 2 aromatic heterocycles. The monoisotopic (exact) mass is 316 g/mol. The summed E-state index contributed by atoms with van der Waals surface area (Å²) in [5.74, 6) is -0.236. The van der Waals surface area contributed by atoms with Gasteiger partial charge in [0.1, 0.15) is 5.82 Å². The molecule has 3 aromatic rings. The maximum Gasteiger partial charge on any atom is 0.123 e. The molecule has 0 saturated heterocycles. The zero-order chi connectivity index (χ0) is 15.0. The lowest BCUT2D eigenvalue weighted by molar-refractivity contribution is 0.628. The SMILES string of the molecule is C=CCn1c(C)c(C)c2ccnc(-c3ccc(F)cc3)c21.Cl. The Morgan fingerprint density at radius 2 is 1.86 bits per heavy atom. The molecule has 0 atom stereocenters. The molecule has 0 saturated carbocycles. The number of hydrogen-bond donors (Lipinski definition) is 0. The summed E-state index contributed by atoms with van der Waals surface area (Å²) in [4.78, 5) is 4.53. The molecule has 4 heteroatoms. The fourth-order valence-electron chi connectivity index (χ4n) is 2.77. The van der Waals surface area contributed by atoms with Crippen molar-refractivity contribution in [2.24, 2.45) is 0 Å². The van der Waals surface area contributed by atoms with Gasteiger partial charge in [0.05, 0.1) is 11.2 Å². The van der Waals surface area contributed by atoms with E-state index in [1.165, 1.54) is 28.8 Å². The minimum atomic E-state index is -0.236. The maximum absolute atomic E-state index is 13.1. The lowest BCUT2D eigenvalue weighted by Gasteiger charge is -2.09. The standard InChI is InChI=1S/C18H17FN2.ClH/c1-4-11-21-13(3)12(2)16-9-10-20-17(18(16)21)14-5-7-15(19)8-6-14;/h4-10H,1,11H2,2-3H3;1H. The van der Waals surface area contributed by atoms with E-state index in [0.717, 1.165) is 23.3 Å². The van der Waals surface area contributed by atoms with E-state index in [2.05, 4.69) is 30.0 Å². The number of allylic oxidation sites excluding steroid dienone is 1. The lowest BCUT2D eigenvalue weighted by Crippen LogP contribution is -1.99. The topological polar surface area (TPSA) is 17.8 Å². The van der Waals surface area contributed by atoms with Crippen LogP contribution in [0.5, 0.6) is 0 Å². The average Bonchev–Trinajstić information content (AvgIpc) is 2.74. The van der Waals surface area contributed by atoms with Gasteiger partial charge in [-0.05, 0) is 49.7 Å². The molecule has 2 heterocycles. The van der Waals surface area contributed by atoms with Crippen LogP contribution in [0.1, 0.15) is 11.3 Å². The lowest BCUT2D eigenvalue weighted by atomic mass is 10.1. The third kappa shape index (κ3) is 2.53. The first-order valence-corrected chi connectivity index (χ1v) is 6.94. The molecule has 0 aliphatic carbocycles. The highest BCUT2D eigenvalue weighted by Gasteiger charge is 2.15. The van der Waals surface area contributed by atoms with Gasteiger partial charge in [-0.1, -0.05) is 6.08 Å². The van der Waals surface area contributed by atoms with Crippen LogP contribution in [0.3, 0.4) is 0 Å². The van der Waals surface area contributed by atoms with E-state index in [0.29, 0.717) is 0 Å². The van der Waals surface area contributed by atoms with E-state index in [-0.39, 0.29) is 18.2 Å². The number of benzene rings is 1. The molecule has 0 spiro atoms. The molecule has 0 unspecified atom stereocenters. The Labute approximate surface area is 135 Å². The van der Waals surface area contributed by atoms with Gasteiger partial charge >= 0.3 is 0 Å². The van der Waals surface area contributed by atoms with E-state index < -0.39 is 0 Å². The summed E-state index contributed by atoms with van der Waals surface area (Å²) >= 11 is 0. The number of nitrogens with zero attached hydrogens (tertiary/aromatic N) is 2. The molecule has 22 heavy (non-hydrogen) atoms. The van der Waals surface area contributed by atoms with Crippen LogP contribution in [0, 0.1) is 19.7 Å². The average molecular weight is 317 g/mol. The quantitative estimate of drug-likeness (QED) is 0.617. The first kappa shape index (κ1) is 16.2. The molecule has 0 radical (unpaired) electrons. The molecule has 0 fully saturated rings. The van der Waals surface area contributed by atoms with Crippen molar-refractivity contribution in [2.45, 2.75) is 20.4 Å². The van der Waals surface area contributed by atoms with E-state index in [1.807, 2.05) is 18.3 Å². The van der Waals surface area contributed by atoms with Gasteiger partial charge in [0, 0.05) is 29.4 Å². The predicted octanol–water partition coefficient (Wildman–Crippen LogP) is 5.07. The highest BCUT2D eigenvalue weighted by molar-refractivity contribution is 5.95. The predicted molar refractivity (Wildman–Crippen MR) is 92.0 cm³/mol. The zero-order valence-corrected chi connectivity index (χ0v) is 13.5. The minimum absolute atomic E-state index is 0. The summed E-state index contributed by atoms with van der Waals surface area (Å²) in [6, 6.07) is 8.51. The number of pyridine rings is 1. The van der Waals surface area contributed by atoms with Crippen molar-refractivity contribution >= 4 is 23.3 Å². The Bertz CT molecular complexity index is 819. The van der Waals surface area contributed by atoms with E-state index in [9.17, 15) is 4.39 Å². The zero-order valence-electron chi connectivity index (χ0n) is 12.6. The Morgan fingerprint density at radius 1 is 1.18 bits per heavy atom. The van der Waals surface area contributed by atoms with Crippen LogP contribution in [-0.4, -0.2) is 9.55 Å². The van der Waals surface area contributed by atoms with Crippen LogP contribution in [-0.2, 0) is 6.54 Å². The molecule has 0 N–H and O–H groups in total. The van der Waals surface area contributed by atoms with Crippen molar-refractivity contribution < 1.29 is 4.39 Å². The van der Waals surface area contributed by atoms with Gasteiger partial charge in [-0.3, -0.25) is 4.98 Å². The van der Waals surface area contributed by atoms with Gasteiger partial charge in [-0.2, -0.15) is 0 Å². The second-order valence-electron chi connectivity index (χ2n) is 5.17. The number of rotatable bonds is 3. The number of halogens is 2. The van der Waals surface area contributed by atoms with Crippen LogP contribution in [0.25, 0.3) is 22.2 Å². The minimum Gasteiger partial charge on any atom is -0.339 e. The largest absolute Gasteiger partial charge is 0.339 e. The van der Waals surface area contributed by atoms with Gasteiger partial charge in [0.15, 0.2) is 0 Å². The molecule has 1 aromatic carbocycles. The van der Waals surface area contributed by atoms with Gasteiger partial charge < -0.3 is 4.57 Å². The number of aryl methyl sites for hydroxylation is 1. The van der Waals surface area contributed by atoms with Crippen molar-refractivity contribution in [3.05, 3.63) is 66.3 Å². The number of hydrogen-bond acceptors (Lipinski definition) is 1. The molecule has 0 amide bonds. The van der Waals surface area contributed by atoms with Crippen LogP contribution in [0.2, 0.25) is 0 Å². The Kier molecular flexibility index (Phi) is 4.67. The summed E-state index contributed by atoms with van der Waals surface area (Å²) in [6.07, 6.45) is 3.69. The second-order valence-corrected chi connectivity index (χ2v) is 5.17. The van der Waals surface area contributed by atoms with E-state index in [4.69, 9.17) is 0 Å². The molecule has 0 aliphatic rings. The van der Waals surface area contributed by atoms with Gasteiger partial charge in [-0.25, -0.2) is 4.39 Å². The summed E-state index contributed by atoms with van der Waals surface area (Å²) in [5.41, 5.74) is 5.34. The third-order valence-electron chi connectivity index (χ3n) is 3.98. The molecule has 3 rings (SSSR count). The normalized spacial score (nSPS) is 10.5. The highest BCUT2D eigenvalue weighted by Crippen LogP contribution is 2.32. The molecule has 0 aliphatic heterocycles. The smallest absolute Gasteiger partial charge is 0.123 e. The Balaban J connectivity index is 0.00000176. The van der Waals surface area contributed by atoms with Crippen LogP contribution in [0.15, 0.2) is 49.2 Å². The molecular weight excluding hydrogens is 299 g/mol. The van der Waals surface area contributed by atoms with Crippen molar-refractivity contribution in [3.8, 4) is 11.3 Å². The molecule has 114 valence electrons. The van der Waals surface area contributed by atoms with Crippen LogP contribution >= 0.6 is 12.4 Å². The number of fused-ring (bicyclic) bond motifs is 1. The highest BCUT2D eigenvalue weighted by atomic mass is 35.5. The first-order chi connectivity index (χ1) is 10.1. The fourth-order valence-corrected chi connectivity index (χ4v) is 2.77. The van der Waals surface area contributed by atoms with Crippen molar-refractivity contribution in [1.82, 2.24) is 9.55 Å². The summed E-state index contributed by atoms with van der Waals surface area (Å²) in [6.45, 7) is 8.79. The third-order valence-corrected chi connectivity index (χ3v) is 3.98. The Hall–Kier alpha value is -2.13. The second kappa shape index (κ2) is 6.32. The van der Waals surface area contributed by atoms with E-state index in [1.54, 1.807) is 12.1 Å². The van der Waals surface area contributed by atoms with Crippen molar-refractivity contribution in [2.75, 3.05) is 0 Å². The molecule has 0 bridgehead atoms. The molecular formula is C18H18ClFN2. The number of aromatic nitrogens is 2. The maximum atomic E-state index is 13.1.